The molecule has 0 radical (unpaired) electrons. The molecule has 3 nitrogen and oxygen atoms in total. The molecule has 2 aromatic rings. The molecule has 0 spiro atoms. The monoisotopic (exact) mass is 262 g/mol. The van der Waals surface area contributed by atoms with Crippen molar-refractivity contribution in [3.05, 3.63) is 42.0 Å². The number of carbonyl (C=O) groups is 1. The zero-order valence-corrected chi connectivity index (χ0v) is 12.2. The molecule has 1 N–H and O–H groups in total. The lowest BCUT2D eigenvalue weighted by molar-refractivity contribution is 0.0601. The number of hydrogen-bond acceptors (Lipinski definition) is 3. The zero-order chi connectivity index (χ0) is 14.8. The van der Waals surface area contributed by atoms with Crippen LogP contribution in [0, 0.1) is 0 Å². The molecule has 2 rings (SSSR count). The molecule has 0 saturated heterocycles. The summed E-state index contributed by atoms with van der Waals surface area (Å²) in [5.74, 6) is -0.163. The average Bonchev–Trinajstić information content (AvgIpc) is 2.50. The number of esters is 1. The van der Waals surface area contributed by atoms with Crippen LogP contribution in [-0.2, 0) is 4.74 Å². The van der Waals surface area contributed by atoms with Gasteiger partial charge >= 0.3 is 5.97 Å². The van der Waals surface area contributed by atoms with Gasteiger partial charge in [0, 0.05) is 5.39 Å². The summed E-state index contributed by atoms with van der Waals surface area (Å²) in [6.07, 6.45) is 0. The molecule has 2 aromatic carbocycles. The van der Waals surface area contributed by atoms with Crippen LogP contribution in [-0.4, -0.2) is 18.2 Å². The second-order valence-corrected chi connectivity index (χ2v) is 3.20. The number of fused-ring (bicyclic) bond motifs is 1. The summed E-state index contributed by atoms with van der Waals surface area (Å²) in [4.78, 5) is 11.3. The zero-order valence-electron chi connectivity index (χ0n) is 12.2. The van der Waals surface area contributed by atoms with E-state index in [1.165, 1.54) is 7.11 Å². The van der Waals surface area contributed by atoms with Gasteiger partial charge in [-0.05, 0) is 29.7 Å². The maximum Gasteiger partial charge on any atom is 0.337 e. The number of carbonyl (C=O) groups excluding carboxylic acids is 1. The van der Waals surface area contributed by atoms with Gasteiger partial charge in [-0.2, -0.15) is 0 Å². The minimum atomic E-state index is -0.375. The van der Waals surface area contributed by atoms with Crippen LogP contribution in [0.5, 0.6) is 5.75 Å². The first-order chi connectivity index (χ1) is 9.22. The predicted octanol–water partition coefficient (Wildman–Crippen LogP) is 4.38. The lowest BCUT2D eigenvalue weighted by atomic mass is 10.1. The molecule has 3 heteroatoms. The van der Waals surface area contributed by atoms with E-state index in [4.69, 9.17) is 0 Å². The third kappa shape index (κ3) is 4.28. The van der Waals surface area contributed by atoms with Crippen molar-refractivity contribution in [3.8, 4) is 5.75 Å². The molecule has 0 aliphatic rings. The van der Waals surface area contributed by atoms with Gasteiger partial charge in [0.05, 0.1) is 12.7 Å². The number of aromatic hydroxyl groups is 1. The van der Waals surface area contributed by atoms with Crippen LogP contribution in [0.25, 0.3) is 10.8 Å². The van der Waals surface area contributed by atoms with Gasteiger partial charge < -0.3 is 9.84 Å². The average molecular weight is 262 g/mol. The first-order valence-electron chi connectivity index (χ1n) is 6.52. The van der Waals surface area contributed by atoms with Crippen LogP contribution in [0.4, 0.5) is 0 Å². The SMILES string of the molecule is CC.CC.COC(=O)c1ccc2c(O)cccc2c1. The molecule has 0 fully saturated rings. The molecule has 0 saturated carbocycles. The van der Waals surface area contributed by atoms with E-state index >= 15 is 0 Å². The predicted molar refractivity (Wildman–Crippen MR) is 79.6 cm³/mol. The maximum atomic E-state index is 11.3. The Bertz CT molecular complexity index is 518. The molecule has 0 heterocycles. The van der Waals surface area contributed by atoms with E-state index in [1.54, 1.807) is 30.3 Å². The number of rotatable bonds is 1. The summed E-state index contributed by atoms with van der Waals surface area (Å²) in [5.41, 5.74) is 0.482. The fourth-order valence-electron chi connectivity index (χ4n) is 1.51. The fraction of sp³-hybridized carbons (Fsp3) is 0.312. The Morgan fingerprint density at radius 3 is 2.26 bits per heavy atom. The van der Waals surface area contributed by atoms with E-state index in [2.05, 4.69) is 4.74 Å². The minimum Gasteiger partial charge on any atom is -0.507 e. The van der Waals surface area contributed by atoms with Crippen molar-refractivity contribution >= 4 is 16.7 Å². The van der Waals surface area contributed by atoms with Gasteiger partial charge in [0.15, 0.2) is 0 Å². The van der Waals surface area contributed by atoms with Crippen LogP contribution >= 0.6 is 0 Å². The third-order valence-electron chi connectivity index (χ3n) is 2.28. The first kappa shape index (κ1) is 17.0. The summed E-state index contributed by atoms with van der Waals surface area (Å²) in [7, 11) is 1.34. The lowest BCUT2D eigenvalue weighted by Crippen LogP contribution is -2.00. The van der Waals surface area contributed by atoms with Crippen LogP contribution in [0.2, 0.25) is 0 Å². The molecule has 19 heavy (non-hydrogen) atoms. The highest BCUT2D eigenvalue weighted by atomic mass is 16.5. The Kier molecular flexibility index (Phi) is 8.02. The van der Waals surface area contributed by atoms with Gasteiger partial charge in [-0.15, -0.1) is 0 Å². The summed E-state index contributed by atoms with van der Waals surface area (Å²) in [6.45, 7) is 8.00. The normalized spacial score (nSPS) is 8.68. The quantitative estimate of drug-likeness (QED) is 0.775. The molecular weight excluding hydrogens is 240 g/mol. The van der Waals surface area contributed by atoms with E-state index in [9.17, 15) is 9.90 Å². The highest BCUT2D eigenvalue weighted by Gasteiger charge is 2.06. The molecule has 0 aliphatic carbocycles. The topological polar surface area (TPSA) is 46.5 Å². The van der Waals surface area contributed by atoms with Gasteiger partial charge in [-0.1, -0.05) is 39.8 Å². The second-order valence-electron chi connectivity index (χ2n) is 3.20. The Hall–Kier alpha value is -2.03. The third-order valence-corrected chi connectivity index (χ3v) is 2.28. The number of methoxy groups -OCH3 is 1. The molecule has 104 valence electrons. The van der Waals surface area contributed by atoms with Crippen molar-refractivity contribution < 1.29 is 14.6 Å². The summed E-state index contributed by atoms with van der Waals surface area (Å²) >= 11 is 0. The highest BCUT2D eigenvalue weighted by molar-refractivity contribution is 5.97. The largest absolute Gasteiger partial charge is 0.507 e. The van der Waals surface area contributed by atoms with E-state index in [-0.39, 0.29) is 11.7 Å². The Labute approximate surface area is 114 Å². The Morgan fingerprint density at radius 1 is 1.05 bits per heavy atom. The van der Waals surface area contributed by atoms with E-state index in [1.807, 2.05) is 33.8 Å². The van der Waals surface area contributed by atoms with Crippen molar-refractivity contribution in [1.29, 1.82) is 0 Å². The lowest BCUT2D eigenvalue weighted by Gasteiger charge is -2.03. The van der Waals surface area contributed by atoms with Crippen molar-refractivity contribution in [1.82, 2.24) is 0 Å². The van der Waals surface area contributed by atoms with Gasteiger partial charge in [0.25, 0.3) is 0 Å². The molecule has 0 aliphatic heterocycles. The number of benzene rings is 2. The summed E-state index contributed by atoms with van der Waals surface area (Å²) in [6, 6.07) is 10.2. The molecule has 0 bridgehead atoms. The number of ether oxygens (including phenoxy) is 1. The van der Waals surface area contributed by atoms with Crippen LogP contribution < -0.4 is 0 Å². The van der Waals surface area contributed by atoms with Crippen molar-refractivity contribution in [3.63, 3.8) is 0 Å². The van der Waals surface area contributed by atoms with Crippen molar-refractivity contribution in [2.24, 2.45) is 0 Å². The Balaban J connectivity index is 0.000000741. The first-order valence-corrected chi connectivity index (χ1v) is 6.52. The number of hydrogen-bond donors (Lipinski definition) is 1. The molecule has 0 aromatic heterocycles. The Morgan fingerprint density at radius 2 is 1.68 bits per heavy atom. The number of phenolic OH excluding ortho intramolecular Hbond substituents is 1. The van der Waals surface area contributed by atoms with Crippen LogP contribution in [0.1, 0.15) is 38.1 Å². The van der Waals surface area contributed by atoms with E-state index in [0.717, 1.165) is 10.8 Å². The number of phenols is 1. The maximum absolute atomic E-state index is 11.3. The standard InChI is InChI=1S/C12H10O3.2C2H6/c1-15-12(14)9-5-6-10-8(7-9)3-2-4-11(10)13;2*1-2/h2-7,13H,1H3;2*1-2H3. The van der Waals surface area contributed by atoms with E-state index in [0.29, 0.717) is 5.56 Å². The molecular formula is C16H22O3. The second kappa shape index (κ2) is 8.97. The summed E-state index contributed by atoms with van der Waals surface area (Å²) < 4.78 is 4.61. The molecule has 0 amide bonds. The fourth-order valence-corrected chi connectivity index (χ4v) is 1.51. The van der Waals surface area contributed by atoms with Gasteiger partial charge in [0.1, 0.15) is 5.75 Å². The minimum absolute atomic E-state index is 0.212. The smallest absolute Gasteiger partial charge is 0.337 e. The van der Waals surface area contributed by atoms with Crippen molar-refractivity contribution in [2.75, 3.05) is 7.11 Å². The van der Waals surface area contributed by atoms with Gasteiger partial charge in [-0.25, -0.2) is 4.79 Å². The van der Waals surface area contributed by atoms with Gasteiger partial charge in [-0.3, -0.25) is 0 Å². The highest BCUT2D eigenvalue weighted by Crippen LogP contribution is 2.25. The van der Waals surface area contributed by atoms with Crippen molar-refractivity contribution in [2.45, 2.75) is 27.7 Å². The molecule has 0 atom stereocenters. The summed E-state index contributed by atoms with van der Waals surface area (Å²) in [5, 5.41) is 11.1. The molecule has 0 unspecified atom stereocenters. The van der Waals surface area contributed by atoms with Crippen LogP contribution in [0.3, 0.4) is 0 Å². The van der Waals surface area contributed by atoms with Crippen LogP contribution in [0.15, 0.2) is 36.4 Å². The van der Waals surface area contributed by atoms with E-state index < -0.39 is 0 Å². The van der Waals surface area contributed by atoms with Gasteiger partial charge in [0.2, 0.25) is 0 Å².